The maximum atomic E-state index is 5.01. The van der Waals surface area contributed by atoms with Crippen molar-refractivity contribution in [2.45, 2.75) is 196 Å². The van der Waals surface area contributed by atoms with Crippen LogP contribution in [0.4, 0.5) is 0 Å². The molecule has 0 N–H and O–H groups in total. The van der Waals surface area contributed by atoms with Crippen molar-refractivity contribution in [1.29, 1.82) is 0 Å². The maximum absolute atomic E-state index is 5.01. The summed E-state index contributed by atoms with van der Waals surface area (Å²) in [5.74, 6) is 5.59. The van der Waals surface area contributed by atoms with Crippen molar-refractivity contribution in [2.75, 3.05) is 0 Å². The van der Waals surface area contributed by atoms with Crippen LogP contribution in [0.25, 0.3) is 89.8 Å². The van der Waals surface area contributed by atoms with Crippen LogP contribution in [-0.4, -0.2) is 15.0 Å². The Morgan fingerprint density at radius 3 is 0.865 bits per heavy atom. The van der Waals surface area contributed by atoms with Crippen molar-refractivity contribution >= 4 is 0 Å². The Labute approximate surface area is 577 Å². The van der Waals surface area contributed by atoms with E-state index in [-0.39, 0.29) is 16.2 Å². The first-order valence-corrected chi connectivity index (χ1v) is 37.4. The maximum Gasteiger partial charge on any atom is 0.164 e. The number of hydrogen-bond acceptors (Lipinski definition) is 3. The Morgan fingerprint density at radius 1 is 0.250 bits per heavy atom. The summed E-state index contributed by atoms with van der Waals surface area (Å²) in [6.07, 6.45) is 17.1. The normalized spacial score (nSPS) is 19.1. The Kier molecular flexibility index (Phi) is 19.6. The summed E-state index contributed by atoms with van der Waals surface area (Å²) in [6.45, 7) is 29.5. The molecule has 3 nitrogen and oxygen atoms in total. The molecule has 10 aromatic rings. The van der Waals surface area contributed by atoms with Crippen molar-refractivity contribution in [3.8, 4) is 89.8 Å². The molecule has 1 aromatic heterocycles. The molecule has 13 rings (SSSR count). The Bertz CT molecular complexity index is 4270. The highest BCUT2D eigenvalue weighted by molar-refractivity contribution is 5.90. The molecule has 492 valence electrons. The van der Waals surface area contributed by atoms with Gasteiger partial charge in [0.15, 0.2) is 17.5 Å². The van der Waals surface area contributed by atoms with Crippen LogP contribution in [0.2, 0.25) is 0 Å². The van der Waals surface area contributed by atoms with E-state index in [4.69, 9.17) is 15.0 Å². The molecule has 0 bridgehead atoms. The van der Waals surface area contributed by atoms with Gasteiger partial charge >= 0.3 is 0 Å². The second-order valence-corrected chi connectivity index (χ2v) is 30.6. The van der Waals surface area contributed by atoms with Gasteiger partial charge in [0.05, 0.1) is 0 Å². The third-order valence-electron chi connectivity index (χ3n) is 23.9. The first-order valence-electron chi connectivity index (χ1n) is 37.4. The number of aryl methyl sites for hydroxylation is 2. The van der Waals surface area contributed by atoms with Crippen molar-refractivity contribution < 1.29 is 0 Å². The van der Waals surface area contributed by atoms with Gasteiger partial charge in [-0.25, -0.2) is 15.0 Å². The third kappa shape index (κ3) is 12.6. The molecular formula is C93H105N3. The van der Waals surface area contributed by atoms with E-state index in [1.807, 2.05) is 36.4 Å². The van der Waals surface area contributed by atoms with Crippen molar-refractivity contribution in [3.63, 3.8) is 0 Å². The van der Waals surface area contributed by atoms with Gasteiger partial charge in [-0.3, -0.25) is 0 Å². The van der Waals surface area contributed by atoms with E-state index in [1.54, 1.807) is 33.4 Å². The summed E-state index contributed by atoms with van der Waals surface area (Å²) >= 11 is 0. The molecule has 0 saturated carbocycles. The summed E-state index contributed by atoms with van der Waals surface area (Å²) in [7, 11) is 0. The van der Waals surface area contributed by atoms with Crippen LogP contribution in [0.5, 0.6) is 0 Å². The smallest absolute Gasteiger partial charge is 0.164 e. The van der Waals surface area contributed by atoms with Gasteiger partial charge in [0.1, 0.15) is 0 Å². The zero-order valence-corrected chi connectivity index (χ0v) is 60.0. The lowest BCUT2D eigenvalue weighted by atomic mass is 9.65. The van der Waals surface area contributed by atoms with Crippen LogP contribution in [-0.2, 0) is 29.1 Å². The van der Waals surface area contributed by atoms with Crippen LogP contribution in [0.1, 0.15) is 211 Å². The Balaban J connectivity index is 0.833. The molecule has 0 aliphatic heterocycles. The predicted octanol–water partition coefficient (Wildman–Crippen LogP) is 25.8. The highest BCUT2D eigenvalue weighted by atomic mass is 15.0. The molecule has 0 spiro atoms. The summed E-state index contributed by atoms with van der Waals surface area (Å²) in [5, 5.41) is 0. The zero-order valence-electron chi connectivity index (χ0n) is 60.0. The van der Waals surface area contributed by atoms with Crippen LogP contribution < -0.4 is 0 Å². The summed E-state index contributed by atoms with van der Waals surface area (Å²) in [4.78, 5) is 15.0. The summed E-state index contributed by atoms with van der Waals surface area (Å²) in [5.41, 5.74) is 28.9. The van der Waals surface area contributed by atoms with Gasteiger partial charge in [-0.1, -0.05) is 298 Å². The van der Waals surface area contributed by atoms with E-state index < -0.39 is 0 Å². The fraction of sp³-hybridized carbons (Fsp3) is 0.387. The lowest BCUT2D eigenvalue weighted by Crippen LogP contribution is -2.30. The molecule has 9 aromatic carbocycles. The van der Waals surface area contributed by atoms with Gasteiger partial charge in [-0.2, -0.15) is 0 Å². The number of aromatic nitrogens is 3. The first-order chi connectivity index (χ1) is 46.6. The van der Waals surface area contributed by atoms with E-state index in [0.29, 0.717) is 53.0 Å². The SMILES string of the molecule is CCC(C)CC1(CC(C)CC)c2ccccc2-c2ccc(-c3ccc4c(c3)C(CC(C)CC)(CC(C)CC)c3cc(-c5ccc6c(c5)C(CC(C)CC)(CC(C)CC)c5cc(CCCc7ccc(-c8nc(-c9ccccc9)nc(-c9ccccc9)n8)cc7)ccc5-6)ccc3-4)cc21. The van der Waals surface area contributed by atoms with E-state index in [0.717, 1.165) is 61.6 Å². The molecule has 0 fully saturated rings. The van der Waals surface area contributed by atoms with Gasteiger partial charge in [-0.15, -0.1) is 0 Å². The number of benzene rings is 9. The van der Waals surface area contributed by atoms with Gasteiger partial charge in [0, 0.05) is 32.9 Å². The molecule has 0 amide bonds. The number of nitrogens with zero attached hydrogens (tertiary/aromatic N) is 3. The molecule has 0 radical (unpaired) electrons. The Hall–Kier alpha value is -8.01. The topological polar surface area (TPSA) is 38.7 Å². The van der Waals surface area contributed by atoms with E-state index in [2.05, 4.69) is 247 Å². The van der Waals surface area contributed by atoms with Gasteiger partial charge in [0.2, 0.25) is 0 Å². The second-order valence-electron chi connectivity index (χ2n) is 30.6. The molecule has 3 heteroatoms. The third-order valence-corrected chi connectivity index (χ3v) is 23.9. The molecule has 3 aliphatic carbocycles. The highest BCUT2D eigenvalue weighted by Crippen LogP contribution is 2.61. The van der Waals surface area contributed by atoms with Crippen molar-refractivity contribution in [1.82, 2.24) is 15.0 Å². The molecule has 1 heterocycles. The molecule has 96 heavy (non-hydrogen) atoms. The largest absolute Gasteiger partial charge is 0.208 e. The minimum Gasteiger partial charge on any atom is -0.208 e. The quantitative estimate of drug-likeness (QED) is 0.0515. The van der Waals surface area contributed by atoms with Crippen molar-refractivity contribution in [2.24, 2.45) is 35.5 Å². The molecule has 6 unspecified atom stereocenters. The van der Waals surface area contributed by atoms with E-state index >= 15 is 0 Å². The predicted molar refractivity (Wildman–Crippen MR) is 409 cm³/mol. The van der Waals surface area contributed by atoms with Gasteiger partial charge in [-0.05, 0) is 218 Å². The van der Waals surface area contributed by atoms with Crippen LogP contribution in [0, 0.1) is 35.5 Å². The van der Waals surface area contributed by atoms with Crippen LogP contribution in [0.3, 0.4) is 0 Å². The Morgan fingerprint density at radius 2 is 0.510 bits per heavy atom. The van der Waals surface area contributed by atoms with Crippen molar-refractivity contribution in [3.05, 3.63) is 245 Å². The first kappa shape index (κ1) is 66.6. The minimum atomic E-state index is -0.121. The fourth-order valence-corrected chi connectivity index (χ4v) is 17.6. The van der Waals surface area contributed by atoms with Crippen LogP contribution in [0.15, 0.2) is 200 Å². The van der Waals surface area contributed by atoms with E-state index in [9.17, 15) is 0 Å². The highest BCUT2D eigenvalue weighted by Gasteiger charge is 2.48. The molecule has 3 aliphatic rings. The van der Waals surface area contributed by atoms with Gasteiger partial charge < -0.3 is 0 Å². The molecular weight excluding hydrogens is 1160 g/mol. The molecule has 0 saturated heterocycles. The lowest BCUT2D eigenvalue weighted by Gasteiger charge is -2.38. The average molecular weight is 1260 g/mol. The zero-order chi connectivity index (χ0) is 66.9. The number of fused-ring (bicyclic) bond motifs is 9. The molecule has 6 atom stereocenters. The summed E-state index contributed by atoms with van der Waals surface area (Å²) < 4.78 is 0. The monoisotopic (exact) mass is 1260 g/mol. The van der Waals surface area contributed by atoms with E-state index in [1.165, 1.54) is 118 Å². The van der Waals surface area contributed by atoms with Crippen LogP contribution >= 0.6 is 0 Å². The van der Waals surface area contributed by atoms with Gasteiger partial charge in [0.25, 0.3) is 0 Å². The standard InChI is InChI=1S/C93H105N3/c1-13-61(7)55-91(56-62(8)14-2)82-35-26-25-34-76(82)78-46-41-72(51-84(78)91)74-43-48-80-81-49-44-75(54-87(81)93(86(80)53-74,59-65(11)17-5)60-66(12)18-6)73-42-47-79-77-45-38-68(50-83(77)92(85(79)52-73,57-63(9)15-3)58-64(10)16-4)29-27-28-67-36-39-71(40-37-67)90-95-88(69-30-21-19-22-31-69)94-89(96-90)70-32-23-20-24-33-70/h19-26,30-54,61-66H,13-18,27-29,55-60H2,1-12H3. The lowest BCUT2D eigenvalue weighted by molar-refractivity contribution is 0.308. The second kappa shape index (κ2) is 28.2. The minimum absolute atomic E-state index is 0.00195. The number of hydrogen-bond donors (Lipinski definition) is 0. The summed E-state index contributed by atoms with van der Waals surface area (Å²) in [6, 6.07) is 77.2. The number of rotatable bonds is 27. The average Bonchev–Trinajstić information content (AvgIpc) is 1.59. The fourth-order valence-electron chi connectivity index (χ4n) is 17.6.